The number of carbonyl (C=O) groups is 1. The van der Waals surface area contributed by atoms with E-state index in [-0.39, 0.29) is 5.91 Å². The molecule has 0 atom stereocenters. The summed E-state index contributed by atoms with van der Waals surface area (Å²) in [7, 11) is 0. The molecule has 0 saturated heterocycles. The maximum Gasteiger partial charge on any atom is 0.257 e. The smallest absolute Gasteiger partial charge is 0.257 e. The topological polar surface area (TPSA) is 54.9 Å². The Bertz CT molecular complexity index is 840. The molecule has 3 rings (SSSR count). The van der Waals surface area contributed by atoms with Crippen LogP contribution >= 0.6 is 11.3 Å². The van der Waals surface area contributed by atoms with Gasteiger partial charge in [-0.15, -0.1) is 10.2 Å². The van der Waals surface area contributed by atoms with Gasteiger partial charge in [-0.3, -0.25) is 10.1 Å². The van der Waals surface area contributed by atoms with Crippen LogP contribution in [0.25, 0.3) is 12.2 Å². The summed E-state index contributed by atoms with van der Waals surface area (Å²) in [4.78, 5) is 12.2. The predicted octanol–water partition coefficient (Wildman–Crippen LogP) is 4.27. The fraction of sp³-hybridized carbons (Fsp3) is 0.0556. The largest absolute Gasteiger partial charge is 0.296 e. The van der Waals surface area contributed by atoms with Gasteiger partial charge in [-0.1, -0.05) is 65.4 Å². The highest BCUT2D eigenvalue weighted by atomic mass is 32.1. The molecule has 0 saturated carbocycles. The zero-order valence-electron chi connectivity index (χ0n) is 12.6. The van der Waals surface area contributed by atoms with Crippen molar-refractivity contribution in [3.05, 3.63) is 76.3 Å². The molecule has 0 aliphatic rings. The molecule has 0 fully saturated rings. The molecular formula is C18H15N3OS. The molecule has 4 nitrogen and oxygen atoms in total. The molecule has 0 spiro atoms. The van der Waals surface area contributed by atoms with Crippen LogP contribution in [-0.2, 0) is 0 Å². The summed E-state index contributed by atoms with van der Waals surface area (Å²) in [6.45, 7) is 1.95. The number of hydrogen-bond acceptors (Lipinski definition) is 4. The predicted molar refractivity (Wildman–Crippen MR) is 94.4 cm³/mol. The van der Waals surface area contributed by atoms with Crippen LogP contribution in [-0.4, -0.2) is 16.1 Å². The molecule has 0 bridgehead atoms. The van der Waals surface area contributed by atoms with Gasteiger partial charge in [-0.25, -0.2) is 0 Å². The van der Waals surface area contributed by atoms with E-state index in [9.17, 15) is 4.79 Å². The number of amides is 1. The molecule has 0 aliphatic heterocycles. The molecule has 0 radical (unpaired) electrons. The summed E-state index contributed by atoms with van der Waals surface area (Å²) >= 11 is 1.34. The molecule has 1 amide bonds. The Morgan fingerprint density at radius 1 is 1.04 bits per heavy atom. The van der Waals surface area contributed by atoms with Crippen LogP contribution in [0.1, 0.15) is 26.5 Å². The molecule has 0 unspecified atom stereocenters. The van der Waals surface area contributed by atoms with E-state index in [1.165, 1.54) is 11.3 Å². The summed E-state index contributed by atoms with van der Waals surface area (Å²) in [5.41, 5.74) is 2.75. The minimum Gasteiger partial charge on any atom is -0.296 e. The third kappa shape index (κ3) is 4.11. The van der Waals surface area contributed by atoms with Crippen LogP contribution in [0.2, 0.25) is 0 Å². The van der Waals surface area contributed by atoms with Crippen LogP contribution in [0.15, 0.2) is 54.6 Å². The Labute approximate surface area is 138 Å². The number of aromatic nitrogens is 2. The summed E-state index contributed by atoms with van der Waals surface area (Å²) in [6.07, 6.45) is 3.85. The molecule has 1 aromatic heterocycles. The summed E-state index contributed by atoms with van der Waals surface area (Å²) in [6, 6.07) is 17.4. The van der Waals surface area contributed by atoms with Crippen molar-refractivity contribution in [2.45, 2.75) is 6.92 Å². The van der Waals surface area contributed by atoms with E-state index < -0.39 is 0 Å². The Kier molecular flexibility index (Phi) is 4.59. The Balaban J connectivity index is 1.68. The quantitative estimate of drug-likeness (QED) is 0.781. The standard InChI is InChI=1S/C18H15N3OS/c1-13-6-5-9-15(12-13)17(22)19-18-21-20-16(23-18)11-10-14-7-3-2-4-8-14/h2-12H,1H3,(H,19,21,22)/b11-10+. The second kappa shape index (κ2) is 6.98. The molecule has 1 heterocycles. The van der Waals surface area contributed by atoms with Crippen LogP contribution in [0.5, 0.6) is 0 Å². The Morgan fingerprint density at radius 2 is 1.87 bits per heavy atom. The Hall–Kier alpha value is -2.79. The molecule has 2 aromatic carbocycles. The van der Waals surface area contributed by atoms with Crippen molar-refractivity contribution < 1.29 is 4.79 Å². The Morgan fingerprint density at radius 3 is 2.65 bits per heavy atom. The lowest BCUT2D eigenvalue weighted by Crippen LogP contribution is -2.11. The van der Waals surface area contributed by atoms with Crippen LogP contribution in [0.3, 0.4) is 0 Å². The normalized spacial score (nSPS) is 10.8. The summed E-state index contributed by atoms with van der Waals surface area (Å²) in [5.74, 6) is -0.177. The fourth-order valence-corrected chi connectivity index (χ4v) is 2.68. The highest BCUT2D eigenvalue weighted by molar-refractivity contribution is 7.16. The van der Waals surface area contributed by atoms with Crippen molar-refractivity contribution in [1.82, 2.24) is 10.2 Å². The average molecular weight is 321 g/mol. The number of anilines is 1. The van der Waals surface area contributed by atoms with E-state index >= 15 is 0 Å². The number of benzene rings is 2. The van der Waals surface area contributed by atoms with Gasteiger partial charge in [0.15, 0.2) is 0 Å². The summed E-state index contributed by atoms with van der Waals surface area (Å²) in [5, 5.41) is 12.1. The highest BCUT2D eigenvalue weighted by Gasteiger charge is 2.09. The van der Waals surface area contributed by atoms with Crippen molar-refractivity contribution in [3.8, 4) is 0 Å². The maximum atomic E-state index is 12.2. The van der Waals surface area contributed by atoms with Crippen molar-refractivity contribution in [1.29, 1.82) is 0 Å². The van der Waals surface area contributed by atoms with Gasteiger partial charge in [0.2, 0.25) is 5.13 Å². The first-order valence-corrected chi connectivity index (χ1v) is 7.97. The lowest BCUT2D eigenvalue weighted by Gasteiger charge is -2.01. The van der Waals surface area contributed by atoms with Crippen molar-refractivity contribution >= 4 is 34.5 Å². The van der Waals surface area contributed by atoms with Crippen LogP contribution in [0, 0.1) is 6.92 Å². The van der Waals surface area contributed by atoms with Gasteiger partial charge in [-0.2, -0.15) is 0 Å². The van der Waals surface area contributed by atoms with Gasteiger partial charge in [0.25, 0.3) is 5.91 Å². The SMILES string of the molecule is Cc1cccc(C(=O)Nc2nnc(/C=C/c3ccccc3)s2)c1. The minimum absolute atomic E-state index is 0.177. The molecule has 1 N–H and O–H groups in total. The molecule has 114 valence electrons. The summed E-state index contributed by atoms with van der Waals surface area (Å²) < 4.78 is 0. The number of nitrogens with zero attached hydrogens (tertiary/aromatic N) is 2. The highest BCUT2D eigenvalue weighted by Crippen LogP contribution is 2.18. The van der Waals surface area contributed by atoms with E-state index in [4.69, 9.17) is 0 Å². The van der Waals surface area contributed by atoms with Gasteiger partial charge in [0.1, 0.15) is 5.01 Å². The van der Waals surface area contributed by atoms with Gasteiger partial charge in [-0.05, 0) is 30.7 Å². The zero-order chi connectivity index (χ0) is 16.1. The number of aryl methyl sites for hydroxylation is 1. The van der Waals surface area contributed by atoms with Gasteiger partial charge in [0.05, 0.1) is 0 Å². The van der Waals surface area contributed by atoms with E-state index in [1.54, 1.807) is 6.07 Å². The van der Waals surface area contributed by atoms with E-state index in [0.29, 0.717) is 10.7 Å². The first kappa shape index (κ1) is 15.1. The third-order valence-corrected chi connectivity index (χ3v) is 3.96. The van der Waals surface area contributed by atoms with Crippen LogP contribution < -0.4 is 5.32 Å². The fourth-order valence-electron chi connectivity index (χ4n) is 2.04. The van der Waals surface area contributed by atoms with Gasteiger partial charge in [0, 0.05) is 5.56 Å². The molecule has 23 heavy (non-hydrogen) atoms. The van der Waals surface area contributed by atoms with Crippen molar-refractivity contribution in [2.75, 3.05) is 5.32 Å². The van der Waals surface area contributed by atoms with Crippen molar-refractivity contribution in [3.63, 3.8) is 0 Å². The second-order valence-corrected chi connectivity index (χ2v) is 6.02. The third-order valence-electron chi connectivity index (χ3n) is 3.16. The number of hydrogen-bond donors (Lipinski definition) is 1. The van der Waals surface area contributed by atoms with E-state index in [1.807, 2.05) is 67.6 Å². The van der Waals surface area contributed by atoms with Gasteiger partial charge >= 0.3 is 0 Å². The molecule has 3 aromatic rings. The zero-order valence-corrected chi connectivity index (χ0v) is 13.4. The van der Waals surface area contributed by atoms with Gasteiger partial charge < -0.3 is 0 Å². The first-order chi connectivity index (χ1) is 11.2. The number of nitrogens with one attached hydrogen (secondary N) is 1. The number of carbonyl (C=O) groups excluding carboxylic acids is 1. The minimum atomic E-state index is -0.177. The lowest BCUT2D eigenvalue weighted by atomic mass is 10.1. The monoisotopic (exact) mass is 321 g/mol. The molecular weight excluding hydrogens is 306 g/mol. The molecule has 5 heteroatoms. The maximum absolute atomic E-state index is 12.2. The van der Waals surface area contributed by atoms with E-state index in [0.717, 1.165) is 16.1 Å². The van der Waals surface area contributed by atoms with Crippen molar-refractivity contribution in [2.24, 2.45) is 0 Å². The van der Waals surface area contributed by atoms with E-state index in [2.05, 4.69) is 15.5 Å². The lowest BCUT2D eigenvalue weighted by molar-refractivity contribution is 0.102. The number of rotatable bonds is 4. The average Bonchev–Trinajstić information content (AvgIpc) is 3.01. The van der Waals surface area contributed by atoms with Crippen LogP contribution in [0.4, 0.5) is 5.13 Å². The molecule has 0 aliphatic carbocycles. The first-order valence-electron chi connectivity index (χ1n) is 7.15. The second-order valence-electron chi connectivity index (χ2n) is 5.01.